The second kappa shape index (κ2) is 8.19. The van der Waals surface area contributed by atoms with Gasteiger partial charge in [0.1, 0.15) is 17.1 Å². The van der Waals surface area contributed by atoms with Gasteiger partial charge in [-0.05, 0) is 23.6 Å². The lowest BCUT2D eigenvalue weighted by Crippen LogP contribution is -2.28. The van der Waals surface area contributed by atoms with Crippen LogP contribution in [0.2, 0.25) is 0 Å². The van der Waals surface area contributed by atoms with Crippen LogP contribution in [0.4, 0.5) is 0 Å². The Bertz CT molecular complexity index is 669. The van der Waals surface area contributed by atoms with E-state index in [1.165, 1.54) is 20.3 Å². The van der Waals surface area contributed by atoms with E-state index in [4.69, 9.17) is 14.2 Å². The Morgan fingerprint density at radius 1 is 1.17 bits per heavy atom. The largest absolute Gasteiger partial charge is 0.497 e. The Labute approximate surface area is 138 Å². The average molecular weight is 335 g/mol. The lowest BCUT2D eigenvalue weighted by molar-refractivity contribution is -0.124. The van der Waals surface area contributed by atoms with Crippen molar-refractivity contribution in [3.05, 3.63) is 46.2 Å². The minimum absolute atomic E-state index is 0.236. The van der Waals surface area contributed by atoms with E-state index in [1.54, 1.807) is 23.5 Å². The number of carbonyl (C=O) groups excluding carboxylic acids is 2. The lowest BCUT2D eigenvalue weighted by atomic mass is 10.2. The molecule has 7 heteroatoms. The summed E-state index contributed by atoms with van der Waals surface area (Å²) in [5.74, 6) is -0.101. The molecule has 23 heavy (non-hydrogen) atoms. The third kappa shape index (κ3) is 4.72. The van der Waals surface area contributed by atoms with Gasteiger partial charge in [-0.15, -0.1) is 11.3 Å². The van der Waals surface area contributed by atoms with E-state index in [2.05, 4.69) is 5.32 Å². The van der Waals surface area contributed by atoms with Gasteiger partial charge < -0.3 is 19.5 Å². The van der Waals surface area contributed by atoms with Gasteiger partial charge in [-0.1, -0.05) is 6.07 Å². The van der Waals surface area contributed by atoms with Crippen molar-refractivity contribution in [2.24, 2.45) is 0 Å². The van der Waals surface area contributed by atoms with E-state index in [1.807, 2.05) is 17.5 Å². The van der Waals surface area contributed by atoms with Gasteiger partial charge in [0.2, 0.25) is 0 Å². The molecule has 0 unspecified atom stereocenters. The van der Waals surface area contributed by atoms with Crippen molar-refractivity contribution in [3.63, 3.8) is 0 Å². The first-order valence-electron chi connectivity index (χ1n) is 6.82. The summed E-state index contributed by atoms with van der Waals surface area (Å²) in [6.45, 7) is 0.0687. The van der Waals surface area contributed by atoms with Crippen LogP contribution in [0.15, 0.2) is 35.7 Å². The molecule has 2 rings (SSSR count). The maximum absolute atomic E-state index is 12.0. The molecular weight excluding hydrogens is 318 g/mol. The SMILES string of the molecule is COc1ccc(C(=O)OCC(=O)NCc2cccs2)c(OC)c1. The number of ether oxygens (including phenoxy) is 3. The van der Waals surface area contributed by atoms with Crippen molar-refractivity contribution >= 4 is 23.2 Å². The average Bonchev–Trinajstić information content (AvgIpc) is 3.10. The highest BCUT2D eigenvalue weighted by molar-refractivity contribution is 7.09. The summed E-state index contributed by atoms with van der Waals surface area (Å²) in [7, 11) is 2.96. The smallest absolute Gasteiger partial charge is 0.342 e. The number of hydrogen-bond acceptors (Lipinski definition) is 6. The van der Waals surface area contributed by atoms with Crippen molar-refractivity contribution in [1.29, 1.82) is 0 Å². The zero-order valence-corrected chi connectivity index (χ0v) is 13.6. The number of rotatable bonds is 7. The number of nitrogens with one attached hydrogen (secondary N) is 1. The molecule has 0 aliphatic rings. The first kappa shape index (κ1) is 16.8. The van der Waals surface area contributed by atoms with Crippen LogP contribution in [0.5, 0.6) is 11.5 Å². The summed E-state index contributed by atoms with van der Waals surface area (Å²) in [5.41, 5.74) is 0.236. The van der Waals surface area contributed by atoms with Crippen LogP contribution in [-0.2, 0) is 16.1 Å². The zero-order valence-electron chi connectivity index (χ0n) is 12.8. The molecule has 0 saturated carbocycles. The van der Waals surface area contributed by atoms with Crippen molar-refractivity contribution in [2.45, 2.75) is 6.54 Å². The third-order valence-corrected chi connectivity index (χ3v) is 3.88. The fourth-order valence-corrected chi connectivity index (χ4v) is 2.47. The highest BCUT2D eigenvalue weighted by atomic mass is 32.1. The predicted octanol–water partition coefficient (Wildman–Crippen LogP) is 2.24. The number of hydrogen-bond donors (Lipinski definition) is 1. The molecule has 2 aromatic rings. The van der Waals surface area contributed by atoms with Crippen LogP contribution in [-0.4, -0.2) is 32.7 Å². The Kier molecular flexibility index (Phi) is 5.99. The molecule has 0 saturated heterocycles. The van der Waals surface area contributed by atoms with Crippen molar-refractivity contribution in [1.82, 2.24) is 5.32 Å². The number of carbonyl (C=O) groups is 2. The van der Waals surface area contributed by atoms with Gasteiger partial charge in [0, 0.05) is 10.9 Å². The molecule has 0 atom stereocenters. The standard InChI is InChI=1S/C16H17NO5S/c1-20-11-5-6-13(14(8-11)21-2)16(19)22-10-15(18)17-9-12-4-3-7-23-12/h3-8H,9-10H2,1-2H3,(H,17,18). The second-order valence-corrected chi connectivity index (χ2v) is 5.53. The van der Waals surface area contributed by atoms with Crippen LogP contribution in [0.3, 0.4) is 0 Å². The molecule has 1 aromatic carbocycles. The molecule has 1 amide bonds. The maximum Gasteiger partial charge on any atom is 0.342 e. The van der Waals surface area contributed by atoms with E-state index in [0.717, 1.165) is 4.88 Å². The van der Waals surface area contributed by atoms with Crippen LogP contribution >= 0.6 is 11.3 Å². The number of amides is 1. The van der Waals surface area contributed by atoms with Crippen LogP contribution in [0, 0.1) is 0 Å². The van der Waals surface area contributed by atoms with Crippen molar-refractivity contribution < 1.29 is 23.8 Å². The molecule has 6 nitrogen and oxygen atoms in total. The maximum atomic E-state index is 12.0. The monoisotopic (exact) mass is 335 g/mol. The predicted molar refractivity (Wildman–Crippen MR) is 86.0 cm³/mol. The van der Waals surface area contributed by atoms with Gasteiger partial charge in [0.15, 0.2) is 6.61 Å². The van der Waals surface area contributed by atoms with Crippen LogP contribution < -0.4 is 14.8 Å². The molecule has 0 radical (unpaired) electrons. The van der Waals surface area contributed by atoms with Crippen LogP contribution in [0.1, 0.15) is 15.2 Å². The highest BCUT2D eigenvalue weighted by Crippen LogP contribution is 2.25. The molecule has 122 valence electrons. The molecule has 1 heterocycles. The number of thiophene rings is 1. The number of esters is 1. The third-order valence-electron chi connectivity index (χ3n) is 3.00. The van der Waals surface area contributed by atoms with E-state index in [9.17, 15) is 9.59 Å². The zero-order chi connectivity index (χ0) is 16.7. The number of benzene rings is 1. The summed E-state index contributed by atoms with van der Waals surface area (Å²) in [6.07, 6.45) is 0. The van der Waals surface area contributed by atoms with Crippen LogP contribution in [0.25, 0.3) is 0 Å². The molecule has 0 fully saturated rings. The molecule has 1 aromatic heterocycles. The lowest BCUT2D eigenvalue weighted by Gasteiger charge is -2.10. The Morgan fingerprint density at radius 3 is 2.65 bits per heavy atom. The molecule has 0 aliphatic heterocycles. The summed E-state index contributed by atoms with van der Waals surface area (Å²) in [4.78, 5) is 24.8. The van der Waals surface area contributed by atoms with E-state index in [0.29, 0.717) is 18.0 Å². The first-order chi connectivity index (χ1) is 11.1. The Hall–Kier alpha value is -2.54. The number of methoxy groups -OCH3 is 2. The Morgan fingerprint density at radius 2 is 2.00 bits per heavy atom. The summed E-state index contributed by atoms with van der Waals surface area (Å²) < 4.78 is 15.2. The molecular formula is C16H17NO5S. The highest BCUT2D eigenvalue weighted by Gasteiger charge is 2.16. The first-order valence-corrected chi connectivity index (χ1v) is 7.70. The van der Waals surface area contributed by atoms with Crippen molar-refractivity contribution in [2.75, 3.05) is 20.8 Å². The normalized spacial score (nSPS) is 10.0. The van der Waals surface area contributed by atoms with E-state index < -0.39 is 5.97 Å². The topological polar surface area (TPSA) is 73.9 Å². The van der Waals surface area contributed by atoms with Gasteiger partial charge in [-0.2, -0.15) is 0 Å². The van der Waals surface area contributed by atoms with Gasteiger partial charge in [0.25, 0.3) is 5.91 Å². The summed E-state index contributed by atoms with van der Waals surface area (Å²) in [5, 5.41) is 4.61. The van der Waals surface area contributed by atoms with Crippen molar-refractivity contribution in [3.8, 4) is 11.5 Å². The quantitative estimate of drug-likeness (QED) is 0.786. The fraction of sp³-hybridized carbons (Fsp3) is 0.250. The minimum Gasteiger partial charge on any atom is -0.497 e. The fourth-order valence-electron chi connectivity index (χ4n) is 1.83. The van der Waals surface area contributed by atoms with Gasteiger partial charge in [0.05, 0.1) is 20.8 Å². The minimum atomic E-state index is -0.629. The Balaban J connectivity index is 1.87. The van der Waals surface area contributed by atoms with E-state index >= 15 is 0 Å². The van der Waals surface area contributed by atoms with Gasteiger partial charge >= 0.3 is 5.97 Å². The molecule has 1 N–H and O–H groups in total. The molecule has 0 aliphatic carbocycles. The summed E-state index contributed by atoms with van der Waals surface area (Å²) >= 11 is 1.54. The van der Waals surface area contributed by atoms with Gasteiger partial charge in [-0.25, -0.2) is 4.79 Å². The molecule has 0 bridgehead atoms. The van der Waals surface area contributed by atoms with E-state index in [-0.39, 0.29) is 18.1 Å². The summed E-state index contributed by atoms with van der Waals surface area (Å²) in [6, 6.07) is 8.55. The molecule has 0 spiro atoms. The second-order valence-electron chi connectivity index (χ2n) is 4.50. The van der Waals surface area contributed by atoms with Gasteiger partial charge in [-0.3, -0.25) is 4.79 Å².